The van der Waals surface area contributed by atoms with Gasteiger partial charge in [0.1, 0.15) is 10.8 Å². The van der Waals surface area contributed by atoms with Gasteiger partial charge in [-0.25, -0.2) is 4.39 Å². The van der Waals surface area contributed by atoms with Crippen molar-refractivity contribution in [3.63, 3.8) is 0 Å². The average molecular weight is 449 g/mol. The van der Waals surface area contributed by atoms with E-state index in [1.54, 1.807) is 22.7 Å². The van der Waals surface area contributed by atoms with Crippen molar-refractivity contribution < 1.29 is 9.18 Å². The van der Waals surface area contributed by atoms with Gasteiger partial charge < -0.3 is 9.80 Å². The number of carbonyl (C=O) groups is 1. The highest BCUT2D eigenvalue weighted by Crippen LogP contribution is 2.22. The summed E-state index contributed by atoms with van der Waals surface area (Å²) in [6.45, 7) is 3.05. The summed E-state index contributed by atoms with van der Waals surface area (Å²) in [5.74, 6) is 0.521. The lowest BCUT2D eigenvalue weighted by Crippen LogP contribution is -2.49. The van der Waals surface area contributed by atoms with Crippen molar-refractivity contribution in [1.29, 1.82) is 0 Å². The largest absolute Gasteiger partial charge is 0.368 e. The minimum atomic E-state index is -0.345. The van der Waals surface area contributed by atoms with Crippen LogP contribution in [0.25, 0.3) is 17.0 Å². The number of amides is 1. The predicted molar refractivity (Wildman–Crippen MR) is 122 cm³/mol. The van der Waals surface area contributed by atoms with E-state index in [1.807, 2.05) is 29.2 Å². The molecule has 1 aliphatic rings. The van der Waals surface area contributed by atoms with Gasteiger partial charge >= 0.3 is 0 Å². The molecule has 3 heterocycles. The second-order valence-electron chi connectivity index (χ2n) is 7.47. The summed E-state index contributed by atoms with van der Waals surface area (Å²) in [5, 5.41) is 13.5. The van der Waals surface area contributed by atoms with Gasteiger partial charge in [-0.1, -0.05) is 42.1 Å². The molecular weight excluding hydrogens is 427 g/mol. The van der Waals surface area contributed by atoms with Crippen molar-refractivity contribution >= 4 is 29.0 Å². The number of fused-ring (bicyclic) bond motifs is 1. The summed E-state index contributed by atoms with van der Waals surface area (Å²) in [6.07, 6.45) is 0. The Bertz CT molecular complexity index is 1240. The van der Waals surface area contributed by atoms with Crippen LogP contribution in [0.1, 0.15) is 0 Å². The van der Waals surface area contributed by atoms with Crippen LogP contribution in [0.2, 0.25) is 0 Å². The number of para-hydroxylation sites is 1. The number of anilines is 1. The number of aromatic nitrogens is 4. The average Bonchev–Trinajstić information content (AvgIpc) is 3.26. The molecule has 2 aromatic heterocycles. The molecule has 2 aromatic carbocycles. The van der Waals surface area contributed by atoms with Gasteiger partial charge in [-0.15, -0.1) is 10.2 Å². The van der Waals surface area contributed by atoms with Gasteiger partial charge in [0.2, 0.25) is 5.91 Å². The Kier molecular flexibility index (Phi) is 5.72. The molecule has 9 heteroatoms. The van der Waals surface area contributed by atoms with E-state index in [0.717, 1.165) is 13.1 Å². The normalized spacial score (nSPS) is 14.2. The van der Waals surface area contributed by atoms with Crippen LogP contribution in [-0.2, 0) is 4.79 Å². The van der Waals surface area contributed by atoms with Gasteiger partial charge in [0, 0.05) is 37.4 Å². The number of halogens is 1. The summed E-state index contributed by atoms with van der Waals surface area (Å²) >= 11 is 1.38. The number of hydrogen-bond donors (Lipinski definition) is 0. The second-order valence-corrected chi connectivity index (χ2v) is 8.46. The molecule has 1 aliphatic heterocycles. The zero-order valence-electron chi connectivity index (χ0n) is 17.3. The molecule has 5 rings (SSSR count). The molecule has 0 bridgehead atoms. The number of thioether (sulfide) groups is 1. The quantitative estimate of drug-likeness (QED) is 0.436. The van der Waals surface area contributed by atoms with Gasteiger partial charge in [-0.05, 0) is 36.4 Å². The Balaban J connectivity index is 1.23. The number of benzene rings is 2. The maximum atomic E-state index is 13.6. The molecular formula is C23H21FN6OS. The molecule has 0 saturated carbocycles. The van der Waals surface area contributed by atoms with Crippen LogP contribution in [0.5, 0.6) is 0 Å². The fourth-order valence-corrected chi connectivity index (χ4v) is 4.49. The summed E-state index contributed by atoms with van der Waals surface area (Å²) in [6, 6.07) is 20.1. The SMILES string of the molecule is O=C(CSc1ccc2nnc(-c3cccc(F)c3)n2n1)N1CCN(c2ccccc2)CC1. The van der Waals surface area contributed by atoms with Crippen LogP contribution in [0, 0.1) is 5.82 Å². The molecule has 0 unspecified atom stereocenters. The van der Waals surface area contributed by atoms with Crippen molar-refractivity contribution in [1.82, 2.24) is 24.7 Å². The van der Waals surface area contributed by atoms with Crippen molar-refractivity contribution in [2.45, 2.75) is 5.03 Å². The Hall–Kier alpha value is -3.46. The molecule has 1 amide bonds. The minimum Gasteiger partial charge on any atom is -0.368 e. The molecule has 0 N–H and O–H groups in total. The van der Waals surface area contributed by atoms with E-state index < -0.39 is 0 Å². The summed E-state index contributed by atoms with van der Waals surface area (Å²) in [5.41, 5.74) is 2.35. The highest BCUT2D eigenvalue weighted by molar-refractivity contribution is 7.99. The maximum absolute atomic E-state index is 13.6. The summed E-state index contributed by atoms with van der Waals surface area (Å²) < 4.78 is 15.2. The van der Waals surface area contributed by atoms with Gasteiger partial charge in [0.25, 0.3) is 0 Å². The van der Waals surface area contributed by atoms with Gasteiger partial charge in [-0.2, -0.15) is 9.61 Å². The van der Waals surface area contributed by atoms with E-state index in [0.29, 0.717) is 40.9 Å². The van der Waals surface area contributed by atoms with Crippen LogP contribution in [0.4, 0.5) is 10.1 Å². The minimum absolute atomic E-state index is 0.0960. The Morgan fingerprint density at radius 1 is 0.938 bits per heavy atom. The molecule has 4 aromatic rings. The lowest BCUT2D eigenvalue weighted by atomic mass is 10.2. The predicted octanol–water partition coefficient (Wildman–Crippen LogP) is 3.37. The van der Waals surface area contributed by atoms with E-state index in [9.17, 15) is 9.18 Å². The zero-order valence-corrected chi connectivity index (χ0v) is 18.1. The molecule has 0 aliphatic carbocycles. The number of rotatable bonds is 5. The van der Waals surface area contributed by atoms with Crippen molar-refractivity contribution in [2.24, 2.45) is 0 Å². The van der Waals surface area contributed by atoms with Gasteiger partial charge in [0.15, 0.2) is 11.5 Å². The fraction of sp³-hybridized carbons (Fsp3) is 0.217. The fourth-order valence-electron chi connectivity index (χ4n) is 3.74. The van der Waals surface area contributed by atoms with E-state index in [-0.39, 0.29) is 11.7 Å². The summed E-state index contributed by atoms with van der Waals surface area (Å²) in [7, 11) is 0. The highest BCUT2D eigenvalue weighted by Gasteiger charge is 2.21. The van der Waals surface area contributed by atoms with Crippen LogP contribution in [0.15, 0.2) is 71.8 Å². The monoisotopic (exact) mass is 448 g/mol. The highest BCUT2D eigenvalue weighted by atomic mass is 32.2. The first-order chi connectivity index (χ1) is 15.7. The molecule has 1 saturated heterocycles. The van der Waals surface area contributed by atoms with E-state index in [4.69, 9.17) is 0 Å². The number of nitrogens with zero attached hydrogens (tertiary/aromatic N) is 6. The third kappa shape index (κ3) is 4.29. The van der Waals surface area contributed by atoms with E-state index >= 15 is 0 Å². The molecule has 7 nitrogen and oxygen atoms in total. The standard InChI is InChI=1S/C23H21FN6OS/c24-18-6-4-5-17(15-18)23-26-25-20-9-10-21(27-30(20)23)32-16-22(31)29-13-11-28(12-14-29)19-7-2-1-3-8-19/h1-10,15H,11-14,16H2. The topological polar surface area (TPSA) is 66.6 Å². The lowest BCUT2D eigenvalue weighted by molar-refractivity contribution is -0.128. The smallest absolute Gasteiger partial charge is 0.233 e. The first-order valence-corrected chi connectivity index (χ1v) is 11.3. The van der Waals surface area contributed by atoms with Crippen LogP contribution in [-0.4, -0.2) is 62.6 Å². The zero-order chi connectivity index (χ0) is 21.9. The first kappa shape index (κ1) is 20.4. The molecule has 32 heavy (non-hydrogen) atoms. The van der Waals surface area contributed by atoms with Crippen LogP contribution >= 0.6 is 11.8 Å². The molecule has 0 atom stereocenters. The van der Waals surface area contributed by atoms with E-state index in [1.165, 1.54) is 29.6 Å². The van der Waals surface area contributed by atoms with Gasteiger partial charge in [-0.3, -0.25) is 4.79 Å². The van der Waals surface area contributed by atoms with Crippen LogP contribution < -0.4 is 4.90 Å². The summed E-state index contributed by atoms with van der Waals surface area (Å²) in [4.78, 5) is 16.9. The number of hydrogen-bond acceptors (Lipinski definition) is 6. The van der Waals surface area contributed by atoms with E-state index in [2.05, 4.69) is 32.3 Å². The number of piperazine rings is 1. The first-order valence-electron chi connectivity index (χ1n) is 10.4. The van der Waals surface area contributed by atoms with Gasteiger partial charge in [0.05, 0.1) is 5.75 Å². The third-order valence-electron chi connectivity index (χ3n) is 5.42. The Morgan fingerprint density at radius 3 is 2.53 bits per heavy atom. The number of carbonyl (C=O) groups excluding carboxylic acids is 1. The maximum Gasteiger partial charge on any atom is 0.233 e. The Morgan fingerprint density at radius 2 is 1.75 bits per heavy atom. The van der Waals surface area contributed by atoms with Crippen molar-refractivity contribution in [3.05, 3.63) is 72.5 Å². The molecule has 0 radical (unpaired) electrons. The van der Waals surface area contributed by atoms with Crippen molar-refractivity contribution in [2.75, 3.05) is 36.8 Å². The molecule has 0 spiro atoms. The van der Waals surface area contributed by atoms with Crippen molar-refractivity contribution in [3.8, 4) is 11.4 Å². The second kappa shape index (κ2) is 8.96. The third-order valence-corrected chi connectivity index (χ3v) is 6.32. The Labute approximate surface area is 188 Å². The molecule has 162 valence electrons. The lowest BCUT2D eigenvalue weighted by Gasteiger charge is -2.36. The molecule has 1 fully saturated rings. The van der Waals surface area contributed by atoms with Crippen LogP contribution in [0.3, 0.4) is 0 Å².